The second kappa shape index (κ2) is 9.38. The van der Waals surface area contributed by atoms with Crippen LogP contribution in [0.1, 0.15) is 24.2 Å². The number of nitrogens with one attached hydrogen (secondary N) is 1. The minimum atomic E-state index is -1.27. The first kappa shape index (κ1) is 19.2. The van der Waals surface area contributed by atoms with E-state index in [2.05, 4.69) is 33.1 Å². The van der Waals surface area contributed by atoms with Gasteiger partial charge in [-0.05, 0) is 52.8 Å². The molecule has 2 aromatic carbocycles. The standard InChI is InChI=1S/C18H19IN2O4/c1-3-25-15-10-12(9-14(19)17(15)24-2)11-20-21-18(23)16(22)13-7-5-4-6-8-13/h4-11,16,22H,3H2,1-2H3,(H,21,23)/b20-11-/t16-/m1/s1. The minimum Gasteiger partial charge on any atom is -0.492 e. The minimum absolute atomic E-state index is 0.507. The third-order valence-electron chi connectivity index (χ3n) is 3.29. The first-order valence-electron chi connectivity index (χ1n) is 7.63. The van der Waals surface area contributed by atoms with E-state index < -0.39 is 12.0 Å². The van der Waals surface area contributed by atoms with E-state index in [9.17, 15) is 9.90 Å². The Morgan fingerprint density at radius 1 is 1.36 bits per heavy atom. The average Bonchev–Trinajstić information content (AvgIpc) is 2.62. The number of hydrogen-bond acceptors (Lipinski definition) is 5. The van der Waals surface area contributed by atoms with E-state index in [1.807, 2.05) is 19.1 Å². The fraction of sp³-hybridized carbons (Fsp3) is 0.222. The Labute approximate surface area is 160 Å². The summed E-state index contributed by atoms with van der Waals surface area (Å²) >= 11 is 2.14. The van der Waals surface area contributed by atoms with Gasteiger partial charge in [0.05, 0.1) is 23.5 Å². The number of benzene rings is 2. The van der Waals surface area contributed by atoms with Crippen molar-refractivity contribution in [3.63, 3.8) is 0 Å². The zero-order chi connectivity index (χ0) is 18.2. The molecular weight excluding hydrogens is 435 g/mol. The topological polar surface area (TPSA) is 80.2 Å². The molecule has 7 heteroatoms. The molecule has 2 rings (SSSR count). The molecule has 1 atom stereocenters. The molecule has 0 saturated carbocycles. The van der Waals surface area contributed by atoms with Gasteiger partial charge >= 0.3 is 0 Å². The van der Waals surface area contributed by atoms with Crippen molar-refractivity contribution in [2.75, 3.05) is 13.7 Å². The lowest BCUT2D eigenvalue weighted by Gasteiger charge is -2.12. The van der Waals surface area contributed by atoms with Gasteiger partial charge in [-0.1, -0.05) is 30.3 Å². The van der Waals surface area contributed by atoms with Crippen LogP contribution in [0.15, 0.2) is 47.6 Å². The van der Waals surface area contributed by atoms with Crippen LogP contribution < -0.4 is 14.9 Å². The van der Waals surface area contributed by atoms with Gasteiger partial charge in [-0.2, -0.15) is 5.10 Å². The number of rotatable bonds is 7. The number of amides is 1. The van der Waals surface area contributed by atoms with E-state index >= 15 is 0 Å². The van der Waals surface area contributed by atoms with Crippen molar-refractivity contribution in [2.24, 2.45) is 5.10 Å². The quantitative estimate of drug-likeness (QED) is 0.383. The van der Waals surface area contributed by atoms with Gasteiger partial charge in [-0.3, -0.25) is 4.79 Å². The summed E-state index contributed by atoms with van der Waals surface area (Å²) in [6.07, 6.45) is 0.216. The number of nitrogens with zero attached hydrogens (tertiary/aromatic N) is 1. The number of halogens is 1. The van der Waals surface area contributed by atoms with Crippen LogP contribution in [-0.4, -0.2) is 30.9 Å². The van der Waals surface area contributed by atoms with Crippen molar-refractivity contribution < 1.29 is 19.4 Å². The second-order valence-electron chi connectivity index (χ2n) is 5.01. The van der Waals surface area contributed by atoms with Crippen LogP contribution in [0.4, 0.5) is 0 Å². The lowest BCUT2D eigenvalue weighted by Crippen LogP contribution is -2.25. The highest BCUT2D eigenvalue weighted by Crippen LogP contribution is 2.33. The number of methoxy groups -OCH3 is 1. The number of ether oxygens (including phenoxy) is 2. The molecule has 0 heterocycles. The smallest absolute Gasteiger partial charge is 0.273 e. The maximum Gasteiger partial charge on any atom is 0.273 e. The first-order chi connectivity index (χ1) is 12.1. The zero-order valence-corrected chi connectivity index (χ0v) is 16.1. The summed E-state index contributed by atoms with van der Waals surface area (Å²) in [6.45, 7) is 2.39. The lowest BCUT2D eigenvalue weighted by molar-refractivity contribution is -0.129. The van der Waals surface area contributed by atoms with Crippen molar-refractivity contribution in [3.05, 3.63) is 57.2 Å². The van der Waals surface area contributed by atoms with Crippen LogP contribution in [0, 0.1) is 3.57 Å². The molecule has 132 valence electrons. The van der Waals surface area contributed by atoms with Crippen molar-refractivity contribution >= 4 is 34.7 Å². The van der Waals surface area contributed by atoms with E-state index in [1.165, 1.54) is 6.21 Å². The fourth-order valence-corrected chi connectivity index (χ4v) is 2.99. The monoisotopic (exact) mass is 454 g/mol. The molecule has 0 aromatic heterocycles. The van der Waals surface area contributed by atoms with Crippen LogP contribution in [0.25, 0.3) is 0 Å². The number of hydrogen-bond donors (Lipinski definition) is 2. The van der Waals surface area contributed by atoms with Gasteiger partial charge in [-0.25, -0.2) is 5.43 Å². The van der Waals surface area contributed by atoms with Crippen LogP contribution in [-0.2, 0) is 4.79 Å². The summed E-state index contributed by atoms with van der Waals surface area (Å²) in [5.74, 6) is 0.660. The van der Waals surface area contributed by atoms with Crippen LogP contribution in [0.5, 0.6) is 11.5 Å². The first-order valence-corrected chi connectivity index (χ1v) is 8.71. The summed E-state index contributed by atoms with van der Waals surface area (Å²) in [6, 6.07) is 12.3. The summed E-state index contributed by atoms with van der Waals surface area (Å²) in [4.78, 5) is 11.9. The summed E-state index contributed by atoms with van der Waals surface area (Å²) in [5.41, 5.74) is 3.58. The Hall–Kier alpha value is -2.13. The van der Waals surface area contributed by atoms with E-state index in [0.29, 0.717) is 23.7 Å². The fourth-order valence-electron chi connectivity index (χ4n) is 2.14. The van der Waals surface area contributed by atoms with Gasteiger partial charge < -0.3 is 14.6 Å². The average molecular weight is 454 g/mol. The Kier molecular flexibility index (Phi) is 7.20. The molecule has 0 fully saturated rings. The molecule has 0 aliphatic heterocycles. The molecule has 2 aromatic rings. The molecule has 6 nitrogen and oxygen atoms in total. The van der Waals surface area contributed by atoms with E-state index in [1.54, 1.807) is 37.4 Å². The maximum atomic E-state index is 11.9. The molecule has 0 spiro atoms. The Balaban J connectivity index is 2.07. The van der Waals surface area contributed by atoms with Gasteiger partial charge in [0.15, 0.2) is 17.6 Å². The van der Waals surface area contributed by atoms with E-state index in [0.717, 1.165) is 9.13 Å². The van der Waals surface area contributed by atoms with Crippen molar-refractivity contribution in [2.45, 2.75) is 13.0 Å². The summed E-state index contributed by atoms with van der Waals surface area (Å²) in [7, 11) is 1.58. The van der Waals surface area contributed by atoms with Crippen molar-refractivity contribution in [3.8, 4) is 11.5 Å². The van der Waals surface area contributed by atoms with Gasteiger partial charge in [0.2, 0.25) is 0 Å². The number of hydrazone groups is 1. The van der Waals surface area contributed by atoms with Gasteiger partial charge in [0, 0.05) is 0 Å². The predicted molar refractivity (Wildman–Crippen MR) is 104 cm³/mol. The summed E-state index contributed by atoms with van der Waals surface area (Å²) < 4.78 is 11.7. The second-order valence-corrected chi connectivity index (χ2v) is 6.18. The highest BCUT2D eigenvalue weighted by molar-refractivity contribution is 14.1. The van der Waals surface area contributed by atoms with Crippen LogP contribution in [0.2, 0.25) is 0 Å². The van der Waals surface area contributed by atoms with E-state index in [-0.39, 0.29) is 0 Å². The molecule has 0 saturated heterocycles. The Bertz CT molecular complexity index is 750. The number of aliphatic hydroxyl groups excluding tert-OH is 1. The highest BCUT2D eigenvalue weighted by Gasteiger charge is 2.16. The maximum absolute atomic E-state index is 11.9. The highest BCUT2D eigenvalue weighted by atomic mass is 127. The van der Waals surface area contributed by atoms with Gasteiger partial charge in [-0.15, -0.1) is 0 Å². The van der Waals surface area contributed by atoms with E-state index in [4.69, 9.17) is 9.47 Å². The molecule has 0 bridgehead atoms. The molecule has 2 N–H and O–H groups in total. The predicted octanol–water partition coefficient (Wildman–Crippen LogP) is 2.88. The normalized spacial score (nSPS) is 12.0. The number of aliphatic hydroxyl groups is 1. The molecule has 25 heavy (non-hydrogen) atoms. The third-order valence-corrected chi connectivity index (χ3v) is 4.09. The third kappa shape index (κ3) is 5.17. The molecule has 0 radical (unpaired) electrons. The largest absolute Gasteiger partial charge is 0.492 e. The molecule has 0 unspecified atom stereocenters. The number of carbonyl (C=O) groups excluding carboxylic acids is 1. The summed E-state index contributed by atoms with van der Waals surface area (Å²) in [5, 5.41) is 13.9. The molecule has 1 amide bonds. The lowest BCUT2D eigenvalue weighted by atomic mass is 10.1. The van der Waals surface area contributed by atoms with Crippen molar-refractivity contribution in [1.82, 2.24) is 5.43 Å². The molecular formula is C18H19IN2O4. The molecule has 0 aliphatic carbocycles. The zero-order valence-electron chi connectivity index (χ0n) is 13.9. The van der Waals surface area contributed by atoms with Gasteiger partial charge in [0.25, 0.3) is 5.91 Å². The van der Waals surface area contributed by atoms with Gasteiger partial charge in [0.1, 0.15) is 0 Å². The molecule has 0 aliphatic rings. The van der Waals surface area contributed by atoms with Crippen molar-refractivity contribution in [1.29, 1.82) is 0 Å². The van der Waals surface area contributed by atoms with Crippen LogP contribution >= 0.6 is 22.6 Å². The Morgan fingerprint density at radius 3 is 2.72 bits per heavy atom. The van der Waals surface area contributed by atoms with Crippen LogP contribution in [0.3, 0.4) is 0 Å². The SMILES string of the molecule is CCOc1cc(/C=N\NC(=O)[C@H](O)c2ccccc2)cc(I)c1OC. The Morgan fingerprint density at radius 2 is 2.08 bits per heavy atom. The number of carbonyl (C=O) groups is 1.